The zero-order valence-corrected chi connectivity index (χ0v) is 31.7. The molecule has 0 aliphatic heterocycles. The Morgan fingerprint density at radius 2 is 1.51 bits per heavy atom. The molecule has 0 radical (unpaired) electrons. The van der Waals surface area contributed by atoms with Crippen LogP contribution < -0.4 is 0 Å². The van der Waals surface area contributed by atoms with E-state index < -0.39 is 22.7 Å². The van der Waals surface area contributed by atoms with Crippen LogP contribution in [0.3, 0.4) is 0 Å². The second-order valence-corrected chi connectivity index (χ2v) is 23.2. The monoisotopic (exact) mass is 724 g/mol. The predicted octanol–water partition coefficient (Wildman–Crippen LogP) is 7.58. The van der Waals surface area contributed by atoms with Gasteiger partial charge in [0.1, 0.15) is 0 Å². The van der Waals surface area contributed by atoms with Crippen LogP contribution in [-0.4, -0.2) is 101 Å². The molecule has 1 aliphatic rings. The number of nitrogens with zero attached hydrogens (tertiary/aromatic N) is 6. The zero-order chi connectivity index (χ0) is 35.1. The maximum atomic E-state index is 12.4. The third-order valence-corrected chi connectivity index (χ3v) is 17.8. The number of carboxylic acid groups (broad SMARTS) is 1. The van der Waals surface area contributed by atoms with Crippen LogP contribution >= 0.6 is 11.8 Å². The molecule has 49 heavy (non-hydrogen) atoms. The molecule has 0 atom stereocenters. The molecule has 1 aliphatic carbocycles. The number of azide groups is 1. The Kier molecular flexibility index (Phi) is 15.1. The molecule has 1 heterocycles. The number of ether oxygens (including phenoxy) is 3. The molecular formula is C34H48N6O6SSi2. The first-order chi connectivity index (χ1) is 23.6. The fraction of sp³-hybridized carbons (Fsp3) is 0.500. The van der Waals surface area contributed by atoms with Crippen molar-refractivity contribution in [3.63, 3.8) is 0 Å². The summed E-state index contributed by atoms with van der Waals surface area (Å²) in [6.07, 6.45) is 3.47. The van der Waals surface area contributed by atoms with Crippen LogP contribution in [0.25, 0.3) is 21.6 Å². The summed E-state index contributed by atoms with van der Waals surface area (Å²) < 4.78 is 23.2. The van der Waals surface area contributed by atoms with Crippen LogP contribution in [0.1, 0.15) is 29.0 Å². The molecule has 0 spiro atoms. The van der Waals surface area contributed by atoms with E-state index in [0.29, 0.717) is 64.4 Å². The van der Waals surface area contributed by atoms with Crippen molar-refractivity contribution in [1.29, 1.82) is 0 Å². The van der Waals surface area contributed by atoms with Crippen molar-refractivity contribution in [3.8, 4) is 11.1 Å². The molecule has 3 aromatic rings. The second kappa shape index (κ2) is 19.2. The van der Waals surface area contributed by atoms with Gasteiger partial charge in [-0.25, -0.2) is 14.8 Å². The topological polar surface area (TPSA) is 152 Å². The lowest BCUT2D eigenvalue weighted by molar-refractivity contribution is 0.0118. The van der Waals surface area contributed by atoms with Gasteiger partial charge in [-0.3, -0.25) is 0 Å². The number of hydrogen-bond donors (Lipinski definition) is 1. The molecule has 0 saturated carbocycles. The molecule has 0 bridgehead atoms. The van der Waals surface area contributed by atoms with E-state index in [4.69, 9.17) is 23.9 Å². The van der Waals surface area contributed by atoms with Crippen LogP contribution in [0.5, 0.6) is 0 Å². The molecule has 12 nitrogen and oxygen atoms in total. The Morgan fingerprint density at radius 1 is 0.918 bits per heavy atom. The van der Waals surface area contributed by atoms with Crippen LogP contribution in [0, 0.1) is 0 Å². The lowest BCUT2D eigenvalue weighted by atomic mass is 9.96. The number of aromatic nitrogens is 2. The van der Waals surface area contributed by atoms with Crippen molar-refractivity contribution in [2.75, 3.05) is 58.0 Å². The first kappa shape index (κ1) is 38.5. The highest BCUT2D eigenvalue weighted by Crippen LogP contribution is 2.44. The standard InChI is InChI=1S/C34H48N6O6SSi2/c1-48(2,21-9-15-40(34(41)42)24-32-30-12-7-5-10-28(30)29-11-6-8-13-31(29)32)46-49(3,4)26-47-33-36-22-27(23-37-33)25-45-20-19-44-18-17-43-16-14-38-39-35/h5-8,10-13,22-23,32H,9,14-21,24-26H2,1-4H3,(H,41,42). The van der Waals surface area contributed by atoms with Crippen LogP contribution in [0.15, 0.2) is 71.2 Å². The molecule has 1 amide bonds. The number of fused-ring (bicyclic) bond motifs is 3. The zero-order valence-electron chi connectivity index (χ0n) is 28.9. The van der Waals surface area contributed by atoms with Gasteiger partial charge in [0.25, 0.3) is 0 Å². The van der Waals surface area contributed by atoms with Crippen molar-refractivity contribution in [2.24, 2.45) is 5.11 Å². The molecule has 2 aromatic carbocycles. The molecule has 0 saturated heterocycles. The van der Waals surface area contributed by atoms with Gasteiger partial charge in [-0.05, 0) is 66.4 Å². The Balaban J connectivity index is 1.15. The normalized spacial score (nSPS) is 12.7. The molecule has 1 N–H and O–H groups in total. The molecular weight excluding hydrogens is 677 g/mol. The smallest absolute Gasteiger partial charge is 0.407 e. The Bertz CT molecular complexity index is 1500. The first-order valence-corrected chi connectivity index (χ1v) is 23.8. The largest absolute Gasteiger partial charge is 0.465 e. The van der Waals surface area contributed by atoms with Crippen molar-refractivity contribution < 1.29 is 28.2 Å². The van der Waals surface area contributed by atoms with E-state index in [0.717, 1.165) is 23.4 Å². The lowest BCUT2D eigenvalue weighted by Crippen LogP contribution is -2.46. The summed E-state index contributed by atoms with van der Waals surface area (Å²) in [6, 6.07) is 17.6. The van der Waals surface area contributed by atoms with E-state index in [1.54, 1.807) is 29.1 Å². The Morgan fingerprint density at radius 3 is 2.12 bits per heavy atom. The number of benzene rings is 2. The van der Waals surface area contributed by atoms with Crippen molar-refractivity contribution in [2.45, 2.75) is 56.3 Å². The number of amides is 1. The molecule has 0 fully saturated rings. The van der Waals surface area contributed by atoms with E-state index in [9.17, 15) is 9.90 Å². The third-order valence-electron chi connectivity index (χ3n) is 8.04. The minimum Gasteiger partial charge on any atom is -0.465 e. The van der Waals surface area contributed by atoms with Gasteiger partial charge in [-0.15, -0.1) is 0 Å². The average molecular weight is 725 g/mol. The summed E-state index contributed by atoms with van der Waals surface area (Å²) in [5, 5.41) is 15.1. The fourth-order valence-corrected chi connectivity index (χ4v) is 16.3. The summed E-state index contributed by atoms with van der Waals surface area (Å²) >= 11 is 1.62. The SMILES string of the molecule is C[Si](C)(CCCN(CC1c2ccccc2-c2ccccc21)C(=O)O)O[Si](C)(C)CSc1ncc(COCCOCCOCCN=[N+]=[N-])cn1. The van der Waals surface area contributed by atoms with Gasteiger partial charge in [-0.2, -0.15) is 0 Å². The van der Waals surface area contributed by atoms with Gasteiger partial charge >= 0.3 is 6.09 Å². The van der Waals surface area contributed by atoms with E-state index in [1.807, 2.05) is 24.3 Å². The molecule has 4 rings (SSSR count). The van der Waals surface area contributed by atoms with Crippen LogP contribution in [0.2, 0.25) is 32.2 Å². The summed E-state index contributed by atoms with van der Waals surface area (Å²) in [7, 11) is -4.09. The molecule has 1 aromatic heterocycles. The van der Waals surface area contributed by atoms with Gasteiger partial charge in [0.05, 0.1) is 39.6 Å². The van der Waals surface area contributed by atoms with Gasteiger partial charge in [0.15, 0.2) is 21.8 Å². The number of thioether (sulfide) groups is 1. The van der Waals surface area contributed by atoms with E-state index >= 15 is 0 Å². The third kappa shape index (κ3) is 12.5. The Labute approximate surface area is 295 Å². The van der Waals surface area contributed by atoms with E-state index in [-0.39, 0.29) is 5.92 Å². The fourth-order valence-electron chi connectivity index (χ4n) is 5.98. The number of carbonyl (C=O) groups is 1. The first-order valence-electron chi connectivity index (χ1n) is 16.6. The second-order valence-electron chi connectivity index (χ2n) is 13.1. The predicted molar refractivity (Wildman–Crippen MR) is 197 cm³/mol. The van der Waals surface area contributed by atoms with Gasteiger partial charge in [0.2, 0.25) is 0 Å². The maximum absolute atomic E-state index is 12.4. The highest BCUT2D eigenvalue weighted by molar-refractivity contribution is 8.00. The van der Waals surface area contributed by atoms with E-state index in [2.05, 4.69) is 70.4 Å². The van der Waals surface area contributed by atoms with Crippen molar-refractivity contribution >= 4 is 34.5 Å². The van der Waals surface area contributed by atoms with Gasteiger partial charge in [0, 0.05) is 53.8 Å². The lowest BCUT2D eigenvalue weighted by Gasteiger charge is -2.34. The van der Waals surface area contributed by atoms with Crippen molar-refractivity contribution in [1.82, 2.24) is 14.9 Å². The summed E-state index contributed by atoms with van der Waals surface area (Å²) in [5.74, 6) is 0.0390. The van der Waals surface area contributed by atoms with Crippen LogP contribution in [-0.2, 0) is 24.9 Å². The average Bonchev–Trinajstić information content (AvgIpc) is 3.39. The molecule has 0 unspecified atom stereocenters. The summed E-state index contributed by atoms with van der Waals surface area (Å²) in [6.45, 7) is 12.8. The Hall–Kier alpha value is -3.28. The number of hydrogen-bond acceptors (Lipinski definition) is 9. The molecule has 264 valence electrons. The summed E-state index contributed by atoms with van der Waals surface area (Å²) in [5.41, 5.74) is 13.9. The maximum Gasteiger partial charge on any atom is 0.407 e. The van der Waals surface area contributed by atoms with Crippen molar-refractivity contribution in [3.05, 3.63) is 88.1 Å². The number of rotatable bonds is 22. The minimum atomic E-state index is -2.05. The quantitative estimate of drug-likeness (QED) is 0.0210. The summed E-state index contributed by atoms with van der Waals surface area (Å²) in [4.78, 5) is 25.6. The van der Waals surface area contributed by atoms with Crippen LogP contribution in [0.4, 0.5) is 4.79 Å². The highest BCUT2D eigenvalue weighted by Gasteiger charge is 2.34. The van der Waals surface area contributed by atoms with E-state index in [1.165, 1.54) is 22.3 Å². The minimum absolute atomic E-state index is 0.0390. The molecule has 15 heteroatoms. The highest BCUT2D eigenvalue weighted by atomic mass is 32.2. The van der Waals surface area contributed by atoms with Gasteiger partial charge < -0.3 is 28.3 Å². The van der Waals surface area contributed by atoms with Gasteiger partial charge in [-0.1, -0.05) is 65.4 Å².